The first-order chi connectivity index (χ1) is 9.67. The minimum absolute atomic E-state index is 0.114. The molecule has 2 aromatic rings. The standard InChI is InChI=1S/C16H19NO2S/c1-2-12-3-5-13(6-4-12)10-17-11-15-8-7-14(20-15)9-16(18)19/h3-8,17H,2,9-11H2,1H3,(H,18,19). The number of carboxylic acid groups (broad SMARTS) is 1. The predicted octanol–water partition coefficient (Wildman–Crippen LogP) is 3.23. The van der Waals surface area contributed by atoms with Crippen LogP contribution in [0, 0.1) is 0 Å². The van der Waals surface area contributed by atoms with Crippen molar-refractivity contribution in [1.29, 1.82) is 0 Å². The summed E-state index contributed by atoms with van der Waals surface area (Å²) in [5.41, 5.74) is 2.62. The highest BCUT2D eigenvalue weighted by Crippen LogP contribution is 2.17. The second kappa shape index (κ2) is 7.22. The third-order valence-corrected chi connectivity index (χ3v) is 4.19. The summed E-state index contributed by atoms with van der Waals surface area (Å²) >= 11 is 1.56. The van der Waals surface area contributed by atoms with E-state index in [2.05, 4.69) is 36.5 Å². The van der Waals surface area contributed by atoms with Gasteiger partial charge in [0.2, 0.25) is 0 Å². The van der Waals surface area contributed by atoms with Gasteiger partial charge in [0.05, 0.1) is 6.42 Å². The Morgan fingerprint density at radius 1 is 1.05 bits per heavy atom. The van der Waals surface area contributed by atoms with Crippen molar-refractivity contribution < 1.29 is 9.90 Å². The second-order valence-corrected chi connectivity index (χ2v) is 5.97. The largest absolute Gasteiger partial charge is 0.481 e. The molecule has 1 aromatic heterocycles. The number of thiophene rings is 1. The number of carboxylic acids is 1. The van der Waals surface area contributed by atoms with Gasteiger partial charge >= 0.3 is 5.97 Å². The van der Waals surface area contributed by atoms with Crippen LogP contribution in [0.3, 0.4) is 0 Å². The van der Waals surface area contributed by atoms with Crippen molar-refractivity contribution in [2.75, 3.05) is 0 Å². The molecule has 0 aliphatic heterocycles. The van der Waals surface area contributed by atoms with Crippen molar-refractivity contribution in [3.63, 3.8) is 0 Å². The van der Waals surface area contributed by atoms with Gasteiger partial charge in [0, 0.05) is 22.8 Å². The lowest BCUT2D eigenvalue weighted by Crippen LogP contribution is -2.11. The van der Waals surface area contributed by atoms with E-state index in [1.807, 2.05) is 12.1 Å². The third kappa shape index (κ3) is 4.47. The van der Waals surface area contributed by atoms with E-state index in [4.69, 9.17) is 5.11 Å². The summed E-state index contributed by atoms with van der Waals surface area (Å²) in [6, 6.07) is 12.5. The fourth-order valence-corrected chi connectivity index (χ4v) is 2.96. The fraction of sp³-hybridized carbons (Fsp3) is 0.312. The van der Waals surface area contributed by atoms with Crippen LogP contribution in [0.4, 0.5) is 0 Å². The van der Waals surface area contributed by atoms with Gasteiger partial charge in [-0.2, -0.15) is 0 Å². The normalized spacial score (nSPS) is 10.7. The number of hydrogen-bond donors (Lipinski definition) is 2. The van der Waals surface area contributed by atoms with E-state index >= 15 is 0 Å². The topological polar surface area (TPSA) is 49.3 Å². The molecule has 1 aromatic carbocycles. The summed E-state index contributed by atoms with van der Waals surface area (Å²) in [5, 5.41) is 12.1. The van der Waals surface area contributed by atoms with Crippen LogP contribution in [-0.2, 0) is 30.7 Å². The molecule has 0 aliphatic carbocycles. The van der Waals surface area contributed by atoms with Crippen molar-refractivity contribution >= 4 is 17.3 Å². The van der Waals surface area contributed by atoms with Crippen LogP contribution in [0.5, 0.6) is 0 Å². The molecule has 20 heavy (non-hydrogen) atoms. The number of aryl methyl sites for hydroxylation is 1. The van der Waals surface area contributed by atoms with E-state index in [9.17, 15) is 4.79 Å². The maximum atomic E-state index is 10.6. The van der Waals surface area contributed by atoms with E-state index in [-0.39, 0.29) is 6.42 Å². The van der Waals surface area contributed by atoms with E-state index in [0.29, 0.717) is 0 Å². The first-order valence-electron chi connectivity index (χ1n) is 6.75. The molecule has 106 valence electrons. The zero-order valence-corrected chi connectivity index (χ0v) is 12.4. The number of aliphatic carboxylic acids is 1. The van der Waals surface area contributed by atoms with Crippen molar-refractivity contribution in [3.05, 3.63) is 57.3 Å². The molecule has 4 heteroatoms. The average molecular weight is 289 g/mol. The molecule has 0 aliphatic rings. The molecule has 0 unspecified atom stereocenters. The molecule has 2 N–H and O–H groups in total. The summed E-state index contributed by atoms with van der Waals surface area (Å²) in [7, 11) is 0. The van der Waals surface area contributed by atoms with Crippen molar-refractivity contribution in [3.8, 4) is 0 Å². The zero-order chi connectivity index (χ0) is 14.4. The highest BCUT2D eigenvalue weighted by Gasteiger charge is 2.04. The molecule has 2 rings (SSSR count). The van der Waals surface area contributed by atoms with E-state index in [0.717, 1.165) is 24.4 Å². The maximum absolute atomic E-state index is 10.6. The van der Waals surface area contributed by atoms with Crippen LogP contribution < -0.4 is 5.32 Å². The van der Waals surface area contributed by atoms with Gasteiger partial charge < -0.3 is 10.4 Å². The number of benzene rings is 1. The zero-order valence-electron chi connectivity index (χ0n) is 11.6. The van der Waals surface area contributed by atoms with Crippen LogP contribution in [0.15, 0.2) is 36.4 Å². The monoisotopic (exact) mass is 289 g/mol. The smallest absolute Gasteiger partial charge is 0.308 e. The minimum Gasteiger partial charge on any atom is -0.481 e. The Hall–Kier alpha value is -1.65. The minimum atomic E-state index is -0.776. The molecule has 0 saturated carbocycles. The number of rotatable bonds is 7. The van der Waals surface area contributed by atoms with E-state index in [1.54, 1.807) is 11.3 Å². The average Bonchev–Trinajstić information content (AvgIpc) is 2.86. The molecule has 0 saturated heterocycles. The molecule has 0 fully saturated rings. The van der Waals surface area contributed by atoms with Gasteiger partial charge in [-0.25, -0.2) is 0 Å². The number of nitrogens with one attached hydrogen (secondary N) is 1. The molecule has 0 spiro atoms. The summed E-state index contributed by atoms with van der Waals surface area (Å²) in [6.07, 6.45) is 1.18. The molecule has 3 nitrogen and oxygen atoms in total. The summed E-state index contributed by atoms with van der Waals surface area (Å²) in [5.74, 6) is -0.776. The van der Waals surface area contributed by atoms with Crippen LogP contribution >= 0.6 is 11.3 Å². The van der Waals surface area contributed by atoms with Crippen LogP contribution in [0.25, 0.3) is 0 Å². The maximum Gasteiger partial charge on any atom is 0.308 e. The van der Waals surface area contributed by atoms with Crippen LogP contribution in [0.1, 0.15) is 27.8 Å². The lowest BCUT2D eigenvalue weighted by Gasteiger charge is -2.04. The van der Waals surface area contributed by atoms with Gasteiger partial charge in [0.1, 0.15) is 0 Å². The SMILES string of the molecule is CCc1ccc(CNCc2ccc(CC(=O)O)s2)cc1. The number of hydrogen-bond acceptors (Lipinski definition) is 3. The summed E-state index contributed by atoms with van der Waals surface area (Å²) in [4.78, 5) is 12.7. The molecule has 1 heterocycles. The Morgan fingerprint density at radius 3 is 2.35 bits per heavy atom. The molecule has 0 atom stereocenters. The van der Waals surface area contributed by atoms with E-state index < -0.39 is 5.97 Å². The number of carbonyl (C=O) groups is 1. The Bertz CT molecular complexity index is 560. The van der Waals surface area contributed by atoms with Crippen molar-refractivity contribution in [1.82, 2.24) is 5.32 Å². The Balaban J connectivity index is 1.80. The molecular formula is C16H19NO2S. The first-order valence-corrected chi connectivity index (χ1v) is 7.57. The molecule has 0 bridgehead atoms. The first kappa shape index (κ1) is 14.8. The summed E-state index contributed by atoms with van der Waals surface area (Å²) < 4.78 is 0. The van der Waals surface area contributed by atoms with Gasteiger partial charge in [0.15, 0.2) is 0 Å². The molecule has 0 amide bonds. The van der Waals surface area contributed by atoms with Gasteiger partial charge in [0.25, 0.3) is 0 Å². The molecule has 0 radical (unpaired) electrons. The summed E-state index contributed by atoms with van der Waals surface area (Å²) in [6.45, 7) is 3.76. The van der Waals surface area contributed by atoms with Crippen molar-refractivity contribution in [2.45, 2.75) is 32.9 Å². The third-order valence-electron chi connectivity index (χ3n) is 3.10. The van der Waals surface area contributed by atoms with Gasteiger partial charge in [-0.1, -0.05) is 31.2 Å². The van der Waals surface area contributed by atoms with Gasteiger partial charge in [-0.05, 0) is 29.7 Å². The second-order valence-electron chi connectivity index (χ2n) is 4.71. The van der Waals surface area contributed by atoms with Crippen molar-refractivity contribution in [2.24, 2.45) is 0 Å². The van der Waals surface area contributed by atoms with Gasteiger partial charge in [-0.15, -0.1) is 11.3 Å². The highest BCUT2D eigenvalue weighted by molar-refractivity contribution is 7.12. The quantitative estimate of drug-likeness (QED) is 0.823. The Kier molecular flexibility index (Phi) is 5.32. The Labute approximate surface area is 123 Å². The highest BCUT2D eigenvalue weighted by atomic mass is 32.1. The molecular weight excluding hydrogens is 270 g/mol. The van der Waals surface area contributed by atoms with Crippen LogP contribution in [0.2, 0.25) is 0 Å². The lowest BCUT2D eigenvalue weighted by atomic mass is 10.1. The van der Waals surface area contributed by atoms with Crippen LogP contribution in [-0.4, -0.2) is 11.1 Å². The predicted molar refractivity (Wildman–Crippen MR) is 82.0 cm³/mol. The Morgan fingerprint density at radius 2 is 1.70 bits per heavy atom. The van der Waals surface area contributed by atoms with E-state index in [1.165, 1.54) is 16.0 Å². The fourth-order valence-electron chi connectivity index (χ4n) is 1.98. The van der Waals surface area contributed by atoms with Gasteiger partial charge in [-0.3, -0.25) is 4.79 Å². The lowest BCUT2D eigenvalue weighted by molar-refractivity contribution is -0.136.